The van der Waals surface area contributed by atoms with Crippen LogP contribution in [0.5, 0.6) is 5.75 Å². The van der Waals surface area contributed by atoms with E-state index in [0.29, 0.717) is 0 Å². The maximum atomic E-state index is 13.2. The predicted molar refractivity (Wildman–Crippen MR) is 109 cm³/mol. The molecule has 0 unspecified atom stereocenters. The number of nitrogens with zero attached hydrogens (tertiary/aromatic N) is 3. The summed E-state index contributed by atoms with van der Waals surface area (Å²) < 4.78 is 73.7. The highest BCUT2D eigenvalue weighted by molar-refractivity contribution is 7.89. The average Bonchev–Trinajstić information content (AvgIpc) is 3.08. The first kappa shape index (κ1) is 23.8. The molecule has 0 aliphatic rings. The Labute approximate surface area is 185 Å². The van der Waals surface area contributed by atoms with Crippen LogP contribution in [-0.2, 0) is 27.4 Å². The second kappa shape index (κ2) is 8.92. The van der Waals surface area contributed by atoms with Gasteiger partial charge in [0.05, 0.1) is 12.1 Å². The molecule has 9 nitrogen and oxygen atoms in total. The Balaban J connectivity index is 1.83. The molecule has 0 atom stereocenters. The van der Waals surface area contributed by atoms with Crippen molar-refractivity contribution in [2.24, 2.45) is 0 Å². The minimum Gasteiger partial charge on any atom is -0.495 e. The van der Waals surface area contributed by atoms with Gasteiger partial charge in [0.2, 0.25) is 15.9 Å². The van der Waals surface area contributed by atoms with Gasteiger partial charge in [-0.1, -0.05) is 11.6 Å². The number of carbonyl (C=O) groups is 1. The van der Waals surface area contributed by atoms with Crippen molar-refractivity contribution in [3.63, 3.8) is 0 Å². The Hall–Kier alpha value is -2.90. The summed E-state index contributed by atoms with van der Waals surface area (Å²) in [7, 11) is -2.81. The van der Waals surface area contributed by atoms with E-state index in [1.165, 1.54) is 38.4 Å². The van der Waals surface area contributed by atoms with Crippen molar-refractivity contribution in [1.82, 2.24) is 19.3 Å². The molecule has 2 aromatic heterocycles. The topological polar surface area (TPSA) is 115 Å². The Kier molecular flexibility index (Phi) is 6.62. The number of amides is 1. The first-order valence-corrected chi connectivity index (χ1v) is 10.8. The van der Waals surface area contributed by atoms with Crippen LogP contribution < -0.4 is 14.8 Å². The van der Waals surface area contributed by atoms with Crippen LogP contribution >= 0.6 is 11.6 Å². The fourth-order valence-electron chi connectivity index (χ4n) is 2.93. The minimum absolute atomic E-state index is 0.0427. The zero-order chi connectivity index (χ0) is 23.7. The van der Waals surface area contributed by atoms with Crippen molar-refractivity contribution in [3.8, 4) is 5.75 Å². The summed E-state index contributed by atoms with van der Waals surface area (Å²) in [5, 5.41) is 9.60. The molecule has 3 rings (SSSR count). The van der Waals surface area contributed by atoms with Crippen molar-refractivity contribution in [2.45, 2.75) is 24.4 Å². The number of benzene rings is 1. The molecule has 0 aliphatic carbocycles. The van der Waals surface area contributed by atoms with E-state index >= 15 is 0 Å². The van der Waals surface area contributed by atoms with Crippen LogP contribution in [0.4, 0.5) is 18.9 Å². The number of methoxy groups -OCH3 is 1. The van der Waals surface area contributed by atoms with E-state index in [4.69, 9.17) is 16.3 Å². The molecule has 0 saturated carbocycles. The minimum atomic E-state index is -4.69. The summed E-state index contributed by atoms with van der Waals surface area (Å²) in [5.41, 5.74) is -1.25. The third-order valence-corrected chi connectivity index (χ3v) is 5.95. The summed E-state index contributed by atoms with van der Waals surface area (Å²) in [5.74, 6) is -0.266. The lowest BCUT2D eigenvalue weighted by Gasteiger charge is -2.13. The molecule has 0 fully saturated rings. The van der Waals surface area contributed by atoms with E-state index in [1.54, 1.807) is 0 Å². The first-order chi connectivity index (χ1) is 14.9. The van der Waals surface area contributed by atoms with E-state index in [-0.39, 0.29) is 46.1 Å². The second-order valence-electron chi connectivity index (χ2n) is 6.57. The molecule has 0 saturated heterocycles. The highest BCUT2D eigenvalue weighted by Crippen LogP contribution is 2.34. The molecule has 14 heteroatoms. The lowest BCUT2D eigenvalue weighted by Crippen LogP contribution is -2.27. The zero-order valence-electron chi connectivity index (χ0n) is 16.7. The van der Waals surface area contributed by atoms with E-state index in [2.05, 4.69) is 20.2 Å². The van der Waals surface area contributed by atoms with E-state index in [9.17, 15) is 26.4 Å². The predicted octanol–water partition coefficient (Wildman–Crippen LogP) is 2.89. The Morgan fingerprint density at radius 3 is 2.59 bits per heavy atom. The molecule has 1 aromatic carbocycles. The second-order valence-corrected chi connectivity index (χ2v) is 8.75. The highest BCUT2D eigenvalue weighted by Gasteiger charge is 2.35. The Morgan fingerprint density at radius 1 is 1.25 bits per heavy atom. The van der Waals surface area contributed by atoms with Gasteiger partial charge >= 0.3 is 6.18 Å². The summed E-state index contributed by atoms with van der Waals surface area (Å²) in [4.78, 5) is 11.0. The largest absolute Gasteiger partial charge is 0.495 e. The van der Waals surface area contributed by atoms with Gasteiger partial charge in [0.25, 0.3) is 0 Å². The van der Waals surface area contributed by atoms with Crippen LogP contribution in [0, 0.1) is 0 Å². The normalized spacial score (nSPS) is 12.2. The Morgan fingerprint density at radius 2 is 1.97 bits per heavy atom. The average molecular weight is 492 g/mol. The van der Waals surface area contributed by atoms with Crippen molar-refractivity contribution < 1.29 is 31.1 Å². The van der Waals surface area contributed by atoms with Crippen molar-refractivity contribution >= 4 is 38.9 Å². The monoisotopic (exact) mass is 491 g/mol. The first-order valence-electron chi connectivity index (χ1n) is 8.98. The molecule has 32 heavy (non-hydrogen) atoms. The summed E-state index contributed by atoms with van der Waals surface area (Å²) in [6.07, 6.45) is -3.55. The zero-order valence-corrected chi connectivity index (χ0v) is 18.3. The maximum absolute atomic E-state index is 13.2. The van der Waals surface area contributed by atoms with Crippen LogP contribution in [0.25, 0.3) is 5.65 Å². The number of nitrogens with one attached hydrogen (secondary N) is 2. The van der Waals surface area contributed by atoms with Crippen molar-refractivity contribution in [2.75, 3.05) is 19.0 Å². The molecule has 2 N–H and O–H groups in total. The van der Waals surface area contributed by atoms with Gasteiger partial charge in [0.15, 0.2) is 5.65 Å². The smallest absolute Gasteiger partial charge is 0.420 e. The van der Waals surface area contributed by atoms with Crippen LogP contribution in [-0.4, -0.2) is 42.6 Å². The molecular formula is C18H17ClF3N5O4S. The Bertz CT molecular complexity index is 1280. The number of fused-ring (bicyclic) bond motifs is 1. The van der Waals surface area contributed by atoms with Crippen LogP contribution in [0.15, 0.2) is 35.4 Å². The van der Waals surface area contributed by atoms with Gasteiger partial charge in [0.1, 0.15) is 22.0 Å². The van der Waals surface area contributed by atoms with Gasteiger partial charge in [-0.05, 0) is 24.3 Å². The van der Waals surface area contributed by atoms with E-state index in [1.807, 2.05) is 0 Å². The third-order valence-electron chi connectivity index (χ3n) is 4.26. The molecule has 3 aromatic rings. The number of halogens is 4. The van der Waals surface area contributed by atoms with E-state index in [0.717, 1.165) is 10.5 Å². The number of aromatic nitrogens is 3. The number of anilines is 1. The van der Waals surface area contributed by atoms with Gasteiger partial charge < -0.3 is 10.1 Å². The maximum Gasteiger partial charge on any atom is 0.420 e. The third kappa shape index (κ3) is 5.11. The van der Waals surface area contributed by atoms with Crippen LogP contribution in [0.3, 0.4) is 0 Å². The van der Waals surface area contributed by atoms with Crippen molar-refractivity contribution in [1.29, 1.82) is 0 Å². The molecule has 172 valence electrons. The fraction of sp³-hybridized carbons (Fsp3) is 0.278. The number of hydrogen-bond donors (Lipinski definition) is 2. The van der Waals surface area contributed by atoms with Gasteiger partial charge in [-0.15, -0.1) is 10.2 Å². The van der Waals surface area contributed by atoms with E-state index < -0.39 is 27.4 Å². The van der Waals surface area contributed by atoms with Gasteiger partial charge in [-0.25, -0.2) is 13.1 Å². The number of hydrogen-bond acceptors (Lipinski definition) is 6. The van der Waals surface area contributed by atoms with Crippen LogP contribution in [0.2, 0.25) is 5.02 Å². The summed E-state index contributed by atoms with van der Waals surface area (Å²) in [6.45, 7) is 1.07. The number of rotatable bonds is 7. The van der Waals surface area contributed by atoms with Gasteiger partial charge in [-0.3, -0.25) is 9.20 Å². The number of ether oxygens (including phenoxy) is 1. The molecule has 0 spiro atoms. The summed E-state index contributed by atoms with van der Waals surface area (Å²) in [6, 6.07) is 4.83. The fourth-order valence-corrected chi connectivity index (χ4v) is 4.36. The molecule has 2 heterocycles. The quantitative estimate of drug-likeness (QED) is 0.525. The number of carbonyl (C=O) groups excluding carboxylic acids is 1. The SMILES string of the molecule is COc1ccc(NC(C)=O)cc1S(=O)(=O)NCCc1nnc2c(C(F)(F)F)cc(Cl)cn12. The number of pyridine rings is 1. The molecular weight excluding hydrogens is 475 g/mol. The van der Waals surface area contributed by atoms with Crippen molar-refractivity contribution in [3.05, 3.63) is 46.9 Å². The van der Waals surface area contributed by atoms with Crippen LogP contribution in [0.1, 0.15) is 18.3 Å². The molecule has 0 aliphatic heterocycles. The lowest BCUT2D eigenvalue weighted by atomic mass is 10.2. The molecule has 0 radical (unpaired) electrons. The highest BCUT2D eigenvalue weighted by atomic mass is 35.5. The molecule has 1 amide bonds. The molecule has 0 bridgehead atoms. The standard InChI is InChI=1S/C18H17ClF3N5O4S/c1-10(28)24-12-3-4-14(31-2)15(8-12)32(29,30)23-6-5-16-25-26-17-13(18(20,21)22)7-11(19)9-27(16)17/h3-4,7-9,23H,5-6H2,1-2H3,(H,24,28). The lowest BCUT2D eigenvalue weighted by molar-refractivity contribution is -0.136. The van der Waals surface area contributed by atoms with Gasteiger partial charge in [-0.2, -0.15) is 13.2 Å². The number of sulfonamides is 1. The summed E-state index contributed by atoms with van der Waals surface area (Å²) >= 11 is 5.80. The number of alkyl halides is 3. The van der Waals surface area contributed by atoms with Gasteiger partial charge in [0, 0.05) is 31.8 Å².